The van der Waals surface area contributed by atoms with Gasteiger partial charge in [0.05, 0.1) is 24.7 Å². The Morgan fingerprint density at radius 2 is 1.52 bits per heavy atom. The highest BCUT2D eigenvalue weighted by atomic mass is 16.5. The van der Waals surface area contributed by atoms with Crippen molar-refractivity contribution in [2.45, 2.75) is 19.8 Å². The predicted molar refractivity (Wildman–Crippen MR) is 121 cm³/mol. The van der Waals surface area contributed by atoms with E-state index in [4.69, 9.17) is 19.3 Å². The molecule has 0 fully saturated rings. The second-order valence-corrected chi connectivity index (χ2v) is 7.16. The number of hydrogen-bond donors (Lipinski definition) is 0. The van der Waals surface area contributed by atoms with E-state index in [-0.39, 0.29) is 18.8 Å². The molecule has 0 aliphatic heterocycles. The van der Waals surface area contributed by atoms with E-state index < -0.39 is 0 Å². The van der Waals surface area contributed by atoms with Gasteiger partial charge in [0.2, 0.25) is 11.7 Å². The summed E-state index contributed by atoms with van der Waals surface area (Å²) in [6, 6.07) is 24.0. The van der Waals surface area contributed by atoms with Gasteiger partial charge >= 0.3 is 5.97 Å². The summed E-state index contributed by atoms with van der Waals surface area (Å²) >= 11 is 0. The van der Waals surface area contributed by atoms with Gasteiger partial charge in [-0.15, -0.1) is 0 Å². The normalized spacial score (nSPS) is 10.4. The fourth-order valence-electron chi connectivity index (χ4n) is 3.18. The van der Waals surface area contributed by atoms with Crippen molar-refractivity contribution in [1.82, 2.24) is 10.1 Å². The zero-order valence-corrected chi connectivity index (χ0v) is 18.0. The van der Waals surface area contributed by atoms with Gasteiger partial charge in [0.1, 0.15) is 11.5 Å². The standard InChI is InChI=1S/C26H21N3O4/c1-2-31-22-11-9-21(10-12-22)26-28-24(33-29-26)15-16-25(30)32-23-13-7-20(8-14-23)19-5-3-18(17-27)4-6-19/h3-14H,2,15-16H2,1H3. The molecule has 0 spiro atoms. The van der Waals surface area contributed by atoms with Gasteiger partial charge in [-0.3, -0.25) is 4.79 Å². The van der Waals surface area contributed by atoms with Crippen molar-refractivity contribution >= 4 is 5.97 Å². The highest BCUT2D eigenvalue weighted by Gasteiger charge is 2.12. The molecule has 1 heterocycles. The quantitative estimate of drug-likeness (QED) is 0.274. The third kappa shape index (κ3) is 5.63. The first-order valence-corrected chi connectivity index (χ1v) is 10.5. The molecule has 3 aromatic carbocycles. The van der Waals surface area contributed by atoms with Crippen LogP contribution in [-0.4, -0.2) is 22.7 Å². The molecule has 0 unspecified atom stereocenters. The van der Waals surface area contributed by atoms with E-state index in [9.17, 15) is 4.79 Å². The summed E-state index contributed by atoms with van der Waals surface area (Å²) in [5, 5.41) is 12.9. The number of esters is 1. The Morgan fingerprint density at radius 1 is 0.909 bits per heavy atom. The molecule has 0 amide bonds. The first kappa shape index (κ1) is 21.8. The largest absolute Gasteiger partial charge is 0.494 e. The smallest absolute Gasteiger partial charge is 0.311 e. The van der Waals surface area contributed by atoms with E-state index in [1.807, 2.05) is 55.5 Å². The Labute approximate surface area is 191 Å². The molecule has 1 aromatic heterocycles. The lowest BCUT2D eigenvalue weighted by Crippen LogP contribution is -2.09. The van der Waals surface area contributed by atoms with Crippen molar-refractivity contribution in [2.24, 2.45) is 0 Å². The van der Waals surface area contributed by atoms with Crippen LogP contribution in [0, 0.1) is 11.3 Å². The van der Waals surface area contributed by atoms with Crippen LogP contribution in [0.25, 0.3) is 22.5 Å². The van der Waals surface area contributed by atoms with Crippen molar-refractivity contribution in [2.75, 3.05) is 6.61 Å². The molecule has 7 nitrogen and oxygen atoms in total. The number of aryl methyl sites for hydroxylation is 1. The summed E-state index contributed by atoms with van der Waals surface area (Å²) in [6.45, 7) is 2.53. The number of hydrogen-bond acceptors (Lipinski definition) is 7. The molecule has 0 aliphatic carbocycles. The van der Waals surface area contributed by atoms with Gasteiger partial charge in [-0.2, -0.15) is 10.2 Å². The molecule has 0 bridgehead atoms. The minimum atomic E-state index is -0.387. The lowest BCUT2D eigenvalue weighted by atomic mass is 10.0. The fraction of sp³-hybridized carbons (Fsp3) is 0.154. The molecule has 4 rings (SSSR count). The molecule has 0 saturated carbocycles. The second kappa shape index (κ2) is 10.2. The fourth-order valence-corrected chi connectivity index (χ4v) is 3.18. The molecule has 0 aliphatic rings. The molecule has 33 heavy (non-hydrogen) atoms. The SMILES string of the molecule is CCOc1ccc(-c2noc(CCC(=O)Oc3ccc(-c4ccc(C#N)cc4)cc3)n2)cc1. The zero-order chi connectivity index (χ0) is 23.0. The lowest BCUT2D eigenvalue weighted by molar-refractivity contribution is -0.134. The maximum absolute atomic E-state index is 12.2. The molecule has 0 N–H and O–H groups in total. The number of carbonyl (C=O) groups is 1. The van der Waals surface area contributed by atoms with Crippen LogP contribution in [-0.2, 0) is 11.2 Å². The van der Waals surface area contributed by atoms with Crippen LogP contribution in [0.4, 0.5) is 0 Å². The molecular formula is C26H21N3O4. The van der Waals surface area contributed by atoms with Crippen LogP contribution < -0.4 is 9.47 Å². The van der Waals surface area contributed by atoms with Gasteiger partial charge in [-0.1, -0.05) is 29.4 Å². The number of rotatable bonds is 8. The Balaban J connectivity index is 1.30. The van der Waals surface area contributed by atoms with Crippen molar-refractivity contribution in [3.8, 4) is 40.1 Å². The van der Waals surface area contributed by atoms with Gasteiger partial charge in [-0.05, 0) is 66.6 Å². The van der Waals surface area contributed by atoms with E-state index in [1.165, 1.54) is 0 Å². The summed E-state index contributed by atoms with van der Waals surface area (Å²) in [4.78, 5) is 16.6. The predicted octanol–water partition coefficient (Wildman–Crippen LogP) is 5.21. The number of nitriles is 1. The topological polar surface area (TPSA) is 98.2 Å². The van der Waals surface area contributed by atoms with Crippen molar-refractivity contribution in [1.29, 1.82) is 5.26 Å². The van der Waals surface area contributed by atoms with Crippen molar-refractivity contribution in [3.63, 3.8) is 0 Å². The summed E-state index contributed by atoms with van der Waals surface area (Å²) in [5.74, 6) is 1.67. The maximum atomic E-state index is 12.2. The van der Waals surface area contributed by atoms with E-state index in [2.05, 4.69) is 16.2 Å². The number of carbonyl (C=O) groups excluding carboxylic acids is 1. The number of benzene rings is 3. The van der Waals surface area contributed by atoms with Gasteiger partial charge in [-0.25, -0.2) is 0 Å². The van der Waals surface area contributed by atoms with E-state index >= 15 is 0 Å². The minimum absolute atomic E-state index is 0.113. The van der Waals surface area contributed by atoms with Gasteiger partial charge in [0.25, 0.3) is 0 Å². The highest BCUT2D eigenvalue weighted by molar-refractivity contribution is 5.73. The van der Waals surface area contributed by atoms with Gasteiger partial charge < -0.3 is 14.0 Å². The molecule has 164 valence electrons. The maximum Gasteiger partial charge on any atom is 0.311 e. The Morgan fingerprint density at radius 3 is 2.15 bits per heavy atom. The van der Waals surface area contributed by atoms with Crippen LogP contribution in [0.2, 0.25) is 0 Å². The lowest BCUT2D eigenvalue weighted by Gasteiger charge is -2.06. The van der Waals surface area contributed by atoms with Crippen molar-refractivity contribution in [3.05, 3.63) is 84.3 Å². The monoisotopic (exact) mass is 439 g/mol. The average Bonchev–Trinajstić information content (AvgIpc) is 3.33. The molecular weight excluding hydrogens is 418 g/mol. The summed E-state index contributed by atoms with van der Waals surface area (Å²) < 4.78 is 16.1. The van der Waals surface area contributed by atoms with Gasteiger partial charge in [0, 0.05) is 12.0 Å². The Bertz CT molecular complexity index is 1250. The number of nitrogens with zero attached hydrogens (tertiary/aromatic N) is 3. The molecule has 7 heteroatoms. The van der Waals surface area contributed by atoms with Gasteiger partial charge in [0.15, 0.2) is 0 Å². The first-order valence-electron chi connectivity index (χ1n) is 10.5. The minimum Gasteiger partial charge on any atom is -0.494 e. The highest BCUT2D eigenvalue weighted by Crippen LogP contribution is 2.23. The van der Waals surface area contributed by atoms with Crippen LogP contribution in [0.3, 0.4) is 0 Å². The van der Waals surface area contributed by atoms with Crippen molar-refractivity contribution < 1.29 is 18.8 Å². The third-order valence-corrected chi connectivity index (χ3v) is 4.87. The van der Waals surface area contributed by atoms with E-state index in [0.29, 0.717) is 29.6 Å². The molecule has 0 atom stereocenters. The van der Waals surface area contributed by atoms with E-state index in [1.54, 1.807) is 24.3 Å². The van der Waals surface area contributed by atoms with Crippen LogP contribution >= 0.6 is 0 Å². The summed E-state index contributed by atoms with van der Waals surface area (Å²) in [6.07, 6.45) is 0.397. The average molecular weight is 439 g/mol. The Hall–Kier alpha value is -4.44. The Kier molecular flexibility index (Phi) is 6.76. The molecule has 4 aromatic rings. The second-order valence-electron chi connectivity index (χ2n) is 7.16. The third-order valence-electron chi connectivity index (χ3n) is 4.87. The van der Waals surface area contributed by atoms with E-state index in [0.717, 1.165) is 22.4 Å². The van der Waals surface area contributed by atoms with Crippen LogP contribution in [0.15, 0.2) is 77.3 Å². The number of aromatic nitrogens is 2. The molecule has 0 saturated heterocycles. The van der Waals surface area contributed by atoms with Crippen LogP contribution in [0.5, 0.6) is 11.5 Å². The first-order chi connectivity index (χ1) is 16.1. The van der Waals surface area contributed by atoms with Crippen LogP contribution in [0.1, 0.15) is 24.8 Å². The molecule has 0 radical (unpaired) electrons. The zero-order valence-electron chi connectivity index (χ0n) is 18.0. The summed E-state index contributed by atoms with van der Waals surface area (Å²) in [7, 11) is 0. The summed E-state index contributed by atoms with van der Waals surface area (Å²) in [5.41, 5.74) is 3.36. The number of ether oxygens (including phenoxy) is 2.